The molecule has 1 amide bonds. The summed E-state index contributed by atoms with van der Waals surface area (Å²) in [6.45, 7) is -1.43. The summed E-state index contributed by atoms with van der Waals surface area (Å²) in [6, 6.07) is 7.42. The van der Waals surface area contributed by atoms with Crippen LogP contribution < -0.4 is 10.1 Å². The lowest BCUT2D eigenvalue weighted by atomic mass is 10.2. The van der Waals surface area contributed by atoms with Gasteiger partial charge in [0.15, 0.2) is 6.61 Å². The van der Waals surface area contributed by atoms with Gasteiger partial charge in [-0.1, -0.05) is 0 Å². The minimum atomic E-state index is -4.45. The van der Waals surface area contributed by atoms with Gasteiger partial charge in [-0.25, -0.2) is 8.78 Å². The zero-order valence-electron chi connectivity index (χ0n) is 11.5. The largest absolute Gasteiger partial charge is 0.484 e. The first-order valence-corrected chi connectivity index (χ1v) is 6.30. The van der Waals surface area contributed by atoms with Gasteiger partial charge in [-0.05, 0) is 36.4 Å². The van der Waals surface area contributed by atoms with E-state index in [4.69, 9.17) is 0 Å². The van der Waals surface area contributed by atoms with Crippen molar-refractivity contribution >= 4 is 11.6 Å². The van der Waals surface area contributed by atoms with Gasteiger partial charge < -0.3 is 10.1 Å². The lowest BCUT2D eigenvalue weighted by Gasteiger charge is -2.10. The van der Waals surface area contributed by atoms with Crippen LogP contribution in [0.15, 0.2) is 42.5 Å². The van der Waals surface area contributed by atoms with Gasteiger partial charge in [-0.2, -0.15) is 13.2 Å². The summed E-state index contributed by atoms with van der Waals surface area (Å²) < 4.78 is 66.6. The summed E-state index contributed by atoms with van der Waals surface area (Å²) in [4.78, 5) is 11.8. The second-order valence-electron chi connectivity index (χ2n) is 4.54. The van der Waals surface area contributed by atoms with Crippen molar-refractivity contribution < 1.29 is 31.5 Å². The van der Waals surface area contributed by atoms with E-state index in [1.807, 2.05) is 0 Å². The van der Waals surface area contributed by atoms with E-state index >= 15 is 0 Å². The molecular formula is C15H10F5NO2. The number of nitrogens with one attached hydrogen (secondary N) is 1. The molecule has 2 aromatic rings. The van der Waals surface area contributed by atoms with Gasteiger partial charge in [0.2, 0.25) is 0 Å². The number of amides is 1. The fourth-order valence-electron chi connectivity index (χ4n) is 1.69. The van der Waals surface area contributed by atoms with Crippen LogP contribution in [0.3, 0.4) is 0 Å². The lowest BCUT2D eigenvalue weighted by Crippen LogP contribution is -2.19. The van der Waals surface area contributed by atoms with Crippen molar-refractivity contribution in [2.45, 2.75) is 6.18 Å². The van der Waals surface area contributed by atoms with Crippen LogP contribution in [0.4, 0.5) is 27.6 Å². The van der Waals surface area contributed by atoms with Crippen LogP contribution in [0.25, 0.3) is 0 Å². The summed E-state index contributed by atoms with van der Waals surface area (Å²) in [5.74, 6) is -2.58. The quantitative estimate of drug-likeness (QED) is 0.855. The summed E-state index contributed by atoms with van der Waals surface area (Å²) in [5.41, 5.74) is 0.0129. The topological polar surface area (TPSA) is 38.3 Å². The average molecular weight is 331 g/mol. The minimum Gasteiger partial charge on any atom is -0.484 e. The van der Waals surface area contributed by atoms with Crippen molar-refractivity contribution in [3.05, 3.63) is 59.7 Å². The Morgan fingerprint density at radius 1 is 1.00 bits per heavy atom. The van der Waals surface area contributed by atoms with Gasteiger partial charge >= 0.3 is 6.18 Å². The lowest BCUT2D eigenvalue weighted by molar-refractivity contribution is -0.153. The van der Waals surface area contributed by atoms with Crippen molar-refractivity contribution in [3.8, 4) is 5.75 Å². The number of halogens is 5. The highest BCUT2D eigenvalue weighted by Crippen LogP contribution is 2.20. The van der Waals surface area contributed by atoms with Gasteiger partial charge in [0.25, 0.3) is 5.91 Å². The maximum Gasteiger partial charge on any atom is 0.422 e. The van der Waals surface area contributed by atoms with E-state index < -0.39 is 30.3 Å². The zero-order valence-corrected chi connectivity index (χ0v) is 11.5. The third-order valence-corrected chi connectivity index (χ3v) is 2.64. The van der Waals surface area contributed by atoms with E-state index in [-0.39, 0.29) is 17.0 Å². The zero-order chi connectivity index (χ0) is 17.0. The highest BCUT2D eigenvalue weighted by Gasteiger charge is 2.28. The van der Waals surface area contributed by atoms with Crippen LogP contribution in [0.2, 0.25) is 0 Å². The average Bonchev–Trinajstić information content (AvgIpc) is 2.44. The molecule has 0 bridgehead atoms. The van der Waals surface area contributed by atoms with Crippen LogP contribution in [-0.4, -0.2) is 18.7 Å². The van der Waals surface area contributed by atoms with Crippen LogP contribution in [0.5, 0.6) is 5.75 Å². The summed E-state index contributed by atoms with van der Waals surface area (Å²) >= 11 is 0. The first kappa shape index (κ1) is 16.7. The van der Waals surface area contributed by atoms with E-state index in [0.29, 0.717) is 6.07 Å². The molecule has 0 unspecified atom stereocenters. The minimum absolute atomic E-state index is 0.0304. The Hall–Kier alpha value is -2.64. The number of anilines is 1. The molecule has 0 aliphatic heterocycles. The van der Waals surface area contributed by atoms with E-state index in [1.165, 1.54) is 24.3 Å². The number of carbonyl (C=O) groups excluding carboxylic acids is 1. The Kier molecular flexibility index (Phi) is 4.83. The molecule has 8 heteroatoms. The van der Waals surface area contributed by atoms with E-state index in [2.05, 4.69) is 10.1 Å². The monoisotopic (exact) mass is 331 g/mol. The van der Waals surface area contributed by atoms with E-state index in [0.717, 1.165) is 12.1 Å². The molecule has 0 fully saturated rings. The number of ether oxygens (including phenoxy) is 1. The van der Waals surface area contributed by atoms with Crippen LogP contribution >= 0.6 is 0 Å². The van der Waals surface area contributed by atoms with Crippen molar-refractivity contribution in [2.24, 2.45) is 0 Å². The first-order valence-electron chi connectivity index (χ1n) is 6.30. The van der Waals surface area contributed by atoms with Crippen LogP contribution in [-0.2, 0) is 0 Å². The molecule has 0 radical (unpaired) electrons. The van der Waals surface area contributed by atoms with Crippen LogP contribution in [0.1, 0.15) is 10.4 Å². The summed E-state index contributed by atoms with van der Waals surface area (Å²) in [7, 11) is 0. The molecule has 23 heavy (non-hydrogen) atoms. The normalized spacial score (nSPS) is 11.2. The van der Waals surface area contributed by atoms with Gasteiger partial charge in [0.05, 0.1) is 0 Å². The number of hydrogen-bond acceptors (Lipinski definition) is 2. The SMILES string of the molecule is O=C(Nc1ccc(OCC(F)(F)F)cc1)c1cc(F)cc(F)c1. The molecule has 0 atom stereocenters. The van der Waals surface area contributed by atoms with E-state index in [9.17, 15) is 26.7 Å². The predicted molar refractivity (Wildman–Crippen MR) is 72.3 cm³/mol. The van der Waals surface area contributed by atoms with Gasteiger partial charge in [-0.3, -0.25) is 4.79 Å². The molecule has 2 rings (SSSR count). The summed E-state index contributed by atoms with van der Waals surface area (Å²) in [6.07, 6.45) is -4.45. The number of hydrogen-bond donors (Lipinski definition) is 1. The Bertz CT molecular complexity index is 678. The van der Waals surface area contributed by atoms with Crippen LogP contribution in [0, 0.1) is 11.6 Å². The fourth-order valence-corrected chi connectivity index (χ4v) is 1.69. The maximum atomic E-state index is 13.0. The molecule has 0 saturated heterocycles. The third-order valence-electron chi connectivity index (χ3n) is 2.64. The van der Waals surface area contributed by atoms with Crippen molar-refractivity contribution in [1.29, 1.82) is 0 Å². The molecule has 0 aromatic heterocycles. The third kappa shape index (κ3) is 5.24. The number of alkyl halides is 3. The Balaban J connectivity index is 2.01. The highest BCUT2D eigenvalue weighted by molar-refractivity contribution is 6.04. The predicted octanol–water partition coefficient (Wildman–Crippen LogP) is 4.16. The molecule has 0 spiro atoms. The second-order valence-corrected chi connectivity index (χ2v) is 4.54. The number of rotatable bonds is 4. The molecule has 3 nitrogen and oxygen atoms in total. The van der Waals surface area contributed by atoms with Gasteiger partial charge in [0.1, 0.15) is 17.4 Å². The van der Waals surface area contributed by atoms with Crippen molar-refractivity contribution in [1.82, 2.24) is 0 Å². The summed E-state index contributed by atoms with van der Waals surface area (Å²) in [5, 5.41) is 2.36. The standard InChI is InChI=1S/C15H10F5NO2/c16-10-5-9(6-11(17)7-10)14(22)21-12-1-3-13(4-2-12)23-8-15(18,19)20/h1-7H,8H2,(H,21,22). The molecule has 2 aromatic carbocycles. The fraction of sp³-hybridized carbons (Fsp3) is 0.133. The Labute approximate surface area is 127 Å². The molecule has 0 aliphatic rings. The Morgan fingerprint density at radius 2 is 1.57 bits per heavy atom. The maximum absolute atomic E-state index is 13.0. The smallest absolute Gasteiger partial charge is 0.422 e. The molecule has 0 heterocycles. The number of benzene rings is 2. The molecule has 0 aliphatic carbocycles. The van der Waals surface area contributed by atoms with E-state index in [1.54, 1.807) is 0 Å². The highest BCUT2D eigenvalue weighted by atomic mass is 19.4. The number of carbonyl (C=O) groups is 1. The molecular weight excluding hydrogens is 321 g/mol. The molecule has 0 saturated carbocycles. The van der Waals surface area contributed by atoms with Gasteiger partial charge in [-0.15, -0.1) is 0 Å². The molecule has 122 valence electrons. The Morgan fingerprint density at radius 3 is 2.09 bits per heavy atom. The molecule has 1 N–H and O–H groups in total. The van der Waals surface area contributed by atoms with Crippen molar-refractivity contribution in [2.75, 3.05) is 11.9 Å². The second kappa shape index (κ2) is 6.64. The first-order chi connectivity index (χ1) is 10.7. The van der Waals surface area contributed by atoms with Gasteiger partial charge in [0, 0.05) is 17.3 Å². The van der Waals surface area contributed by atoms with Crippen molar-refractivity contribution in [3.63, 3.8) is 0 Å².